The molecule has 0 saturated carbocycles. The Morgan fingerprint density at radius 3 is 2.62 bits per heavy atom. The third-order valence-electron chi connectivity index (χ3n) is 3.21. The lowest BCUT2D eigenvalue weighted by Crippen LogP contribution is -2.39. The van der Waals surface area contributed by atoms with Crippen LogP contribution in [0, 0.1) is 0 Å². The van der Waals surface area contributed by atoms with Crippen molar-refractivity contribution in [3.63, 3.8) is 0 Å². The number of nitrogens with zero attached hydrogens (tertiary/aromatic N) is 1. The number of hydrogen-bond acceptors (Lipinski definition) is 3. The van der Waals surface area contributed by atoms with Crippen LogP contribution in [0.5, 0.6) is 0 Å². The summed E-state index contributed by atoms with van der Waals surface area (Å²) in [6, 6.07) is 6.62. The minimum absolute atomic E-state index is 0.424. The monoisotopic (exact) mass is 310 g/mol. The second-order valence-electron chi connectivity index (χ2n) is 4.86. The lowest BCUT2D eigenvalue weighted by atomic mass is 10.2. The maximum atomic E-state index is 12.2. The van der Waals surface area contributed by atoms with Crippen molar-refractivity contribution in [1.29, 1.82) is 0 Å². The standard InChI is InChI=1S/C14H18N2O4S/c17-14(18)8-7-12-5-4-6-13(11-12)15-21(19,20)16-9-2-1-3-10-16/h4-8,11,15H,1-3,9-10H2,(H,17,18)/b8-7+. The number of piperidine rings is 1. The van der Waals surface area contributed by atoms with Crippen LogP contribution in [0.25, 0.3) is 6.08 Å². The van der Waals surface area contributed by atoms with Crippen LogP contribution in [-0.4, -0.2) is 36.9 Å². The lowest BCUT2D eigenvalue weighted by molar-refractivity contribution is -0.131. The second kappa shape index (κ2) is 6.73. The Balaban J connectivity index is 2.11. The van der Waals surface area contributed by atoms with Crippen molar-refractivity contribution in [2.24, 2.45) is 0 Å². The molecular weight excluding hydrogens is 292 g/mol. The van der Waals surface area contributed by atoms with Crippen LogP contribution in [0.15, 0.2) is 30.3 Å². The SMILES string of the molecule is O=C(O)/C=C/c1cccc(NS(=O)(=O)N2CCCCC2)c1. The molecule has 114 valence electrons. The average molecular weight is 310 g/mol. The molecule has 7 heteroatoms. The van der Waals surface area contributed by atoms with E-state index in [0.29, 0.717) is 24.3 Å². The molecule has 0 aliphatic carbocycles. The van der Waals surface area contributed by atoms with E-state index >= 15 is 0 Å². The Morgan fingerprint density at radius 2 is 1.95 bits per heavy atom. The van der Waals surface area contributed by atoms with Crippen molar-refractivity contribution < 1.29 is 18.3 Å². The maximum Gasteiger partial charge on any atom is 0.328 e. The van der Waals surface area contributed by atoms with Crippen LogP contribution in [0.2, 0.25) is 0 Å². The topological polar surface area (TPSA) is 86.7 Å². The van der Waals surface area contributed by atoms with Gasteiger partial charge in [-0.05, 0) is 36.6 Å². The number of carbonyl (C=O) groups is 1. The van der Waals surface area contributed by atoms with Crippen molar-refractivity contribution in [2.45, 2.75) is 19.3 Å². The van der Waals surface area contributed by atoms with E-state index in [1.54, 1.807) is 24.3 Å². The highest BCUT2D eigenvalue weighted by Gasteiger charge is 2.23. The Kier molecular flexibility index (Phi) is 4.98. The molecule has 21 heavy (non-hydrogen) atoms. The van der Waals surface area contributed by atoms with Crippen molar-refractivity contribution in [3.8, 4) is 0 Å². The zero-order valence-electron chi connectivity index (χ0n) is 11.5. The molecule has 1 aromatic rings. The van der Waals surface area contributed by atoms with Crippen molar-refractivity contribution in [3.05, 3.63) is 35.9 Å². The molecule has 0 radical (unpaired) electrons. The zero-order valence-corrected chi connectivity index (χ0v) is 12.3. The molecule has 0 spiro atoms. The summed E-state index contributed by atoms with van der Waals surface area (Å²) in [4.78, 5) is 10.5. The first-order valence-electron chi connectivity index (χ1n) is 6.76. The molecule has 1 fully saturated rings. The summed E-state index contributed by atoms with van der Waals surface area (Å²) in [7, 11) is -3.54. The number of rotatable bonds is 5. The number of carboxylic acid groups (broad SMARTS) is 1. The molecule has 1 aliphatic heterocycles. The van der Waals surface area contributed by atoms with Gasteiger partial charge in [-0.2, -0.15) is 12.7 Å². The van der Waals surface area contributed by atoms with Crippen molar-refractivity contribution in [2.75, 3.05) is 17.8 Å². The van der Waals surface area contributed by atoms with E-state index in [1.165, 1.54) is 10.4 Å². The van der Waals surface area contributed by atoms with Gasteiger partial charge in [0, 0.05) is 19.2 Å². The van der Waals surface area contributed by atoms with Crippen LogP contribution >= 0.6 is 0 Å². The predicted molar refractivity (Wildman–Crippen MR) is 81.1 cm³/mol. The molecule has 2 rings (SSSR count). The van der Waals surface area contributed by atoms with E-state index < -0.39 is 16.2 Å². The molecule has 0 atom stereocenters. The van der Waals surface area contributed by atoms with Gasteiger partial charge in [-0.3, -0.25) is 4.72 Å². The highest BCUT2D eigenvalue weighted by atomic mass is 32.2. The molecule has 6 nitrogen and oxygen atoms in total. The van der Waals surface area contributed by atoms with Crippen LogP contribution in [0.1, 0.15) is 24.8 Å². The molecule has 0 bridgehead atoms. The van der Waals surface area contributed by atoms with Crippen LogP contribution in [0.4, 0.5) is 5.69 Å². The van der Waals surface area contributed by atoms with Crippen molar-refractivity contribution in [1.82, 2.24) is 4.31 Å². The van der Waals surface area contributed by atoms with Crippen LogP contribution in [0.3, 0.4) is 0 Å². The van der Waals surface area contributed by atoms with E-state index in [1.807, 2.05) is 0 Å². The fraction of sp³-hybridized carbons (Fsp3) is 0.357. The van der Waals surface area contributed by atoms with Gasteiger partial charge < -0.3 is 5.11 Å². The Hall–Kier alpha value is -1.86. The van der Waals surface area contributed by atoms with Gasteiger partial charge >= 0.3 is 16.2 Å². The van der Waals surface area contributed by atoms with E-state index in [9.17, 15) is 13.2 Å². The van der Waals surface area contributed by atoms with Crippen molar-refractivity contribution >= 4 is 27.9 Å². The molecule has 1 saturated heterocycles. The predicted octanol–water partition coefficient (Wildman–Crippen LogP) is 1.93. The van der Waals surface area contributed by atoms with E-state index in [-0.39, 0.29) is 0 Å². The third-order valence-corrected chi connectivity index (χ3v) is 4.75. The summed E-state index contributed by atoms with van der Waals surface area (Å²) in [5, 5.41) is 8.60. The first-order valence-corrected chi connectivity index (χ1v) is 8.20. The summed E-state index contributed by atoms with van der Waals surface area (Å²) >= 11 is 0. The Bertz CT molecular complexity index is 634. The van der Waals surface area contributed by atoms with Gasteiger partial charge in [0.05, 0.1) is 5.69 Å². The number of aliphatic carboxylic acids is 1. The minimum Gasteiger partial charge on any atom is -0.478 e. The van der Waals surface area contributed by atoms with Crippen LogP contribution in [-0.2, 0) is 15.0 Å². The van der Waals surface area contributed by atoms with E-state index in [2.05, 4.69) is 4.72 Å². The first-order chi connectivity index (χ1) is 9.97. The smallest absolute Gasteiger partial charge is 0.328 e. The fourth-order valence-electron chi connectivity index (χ4n) is 2.19. The average Bonchev–Trinajstić information content (AvgIpc) is 2.46. The summed E-state index contributed by atoms with van der Waals surface area (Å²) in [5.74, 6) is -1.05. The maximum absolute atomic E-state index is 12.2. The number of carboxylic acids is 1. The van der Waals surface area contributed by atoms with Crippen LogP contribution < -0.4 is 4.72 Å². The summed E-state index contributed by atoms with van der Waals surface area (Å²) in [6.07, 6.45) is 5.24. The number of nitrogens with one attached hydrogen (secondary N) is 1. The van der Waals surface area contributed by atoms with Gasteiger partial charge in [0.25, 0.3) is 0 Å². The molecule has 1 heterocycles. The Morgan fingerprint density at radius 1 is 1.24 bits per heavy atom. The quantitative estimate of drug-likeness (QED) is 0.814. The summed E-state index contributed by atoms with van der Waals surface area (Å²) < 4.78 is 28.4. The zero-order chi connectivity index (χ0) is 15.3. The molecular formula is C14H18N2O4S. The van der Waals surface area contributed by atoms with Gasteiger partial charge in [0.2, 0.25) is 0 Å². The van der Waals surface area contributed by atoms with E-state index in [4.69, 9.17) is 5.11 Å². The molecule has 2 N–H and O–H groups in total. The molecule has 1 aromatic carbocycles. The second-order valence-corrected chi connectivity index (χ2v) is 6.53. The molecule has 0 unspecified atom stereocenters. The number of benzene rings is 1. The molecule has 0 aromatic heterocycles. The highest BCUT2D eigenvalue weighted by molar-refractivity contribution is 7.90. The van der Waals surface area contributed by atoms with Gasteiger partial charge in [-0.15, -0.1) is 0 Å². The lowest BCUT2D eigenvalue weighted by Gasteiger charge is -2.26. The van der Waals surface area contributed by atoms with Gasteiger partial charge in [-0.25, -0.2) is 4.79 Å². The highest BCUT2D eigenvalue weighted by Crippen LogP contribution is 2.18. The Labute approximate surface area is 124 Å². The largest absolute Gasteiger partial charge is 0.478 e. The summed E-state index contributed by atoms with van der Waals surface area (Å²) in [6.45, 7) is 1.07. The molecule has 0 amide bonds. The molecule has 1 aliphatic rings. The number of hydrogen-bond donors (Lipinski definition) is 2. The summed E-state index contributed by atoms with van der Waals surface area (Å²) in [5.41, 5.74) is 1.05. The normalized spacial score (nSPS) is 17.0. The third kappa shape index (κ3) is 4.57. The van der Waals surface area contributed by atoms with E-state index in [0.717, 1.165) is 25.3 Å². The minimum atomic E-state index is -3.54. The first kappa shape index (κ1) is 15.5. The van der Waals surface area contributed by atoms with Gasteiger partial charge in [-0.1, -0.05) is 18.6 Å². The van der Waals surface area contributed by atoms with Gasteiger partial charge in [0.15, 0.2) is 0 Å². The fourth-order valence-corrected chi connectivity index (χ4v) is 3.48. The van der Waals surface area contributed by atoms with Gasteiger partial charge in [0.1, 0.15) is 0 Å². The number of anilines is 1.